The Morgan fingerprint density at radius 2 is 2.27 bits per heavy atom. The molecule has 0 amide bonds. The van der Waals surface area contributed by atoms with Crippen molar-refractivity contribution >= 4 is 5.97 Å². The molecule has 0 saturated carbocycles. The number of nitrogens with two attached hydrogens (primary N) is 1. The number of aliphatic hydroxyl groups is 1. The van der Waals surface area contributed by atoms with Crippen molar-refractivity contribution in [3.8, 4) is 0 Å². The maximum absolute atomic E-state index is 10.3. The number of hydrogen-bond acceptors (Lipinski definition) is 2. The van der Waals surface area contributed by atoms with Crippen LogP contribution < -0.4 is 17.7 Å². The van der Waals surface area contributed by atoms with Crippen molar-refractivity contribution in [3.63, 3.8) is 0 Å². The fourth-order valence-electron chi connectivity index (χ4n) is 1.22. The van der Waals surface area contributed by atoms with Crippen molar-refractivity contribution < 1.29 is 32.7 Å². The molecule has 5 heteroatoms. The maximum Gasteiger partial charge on any atom is 0.362 e. The molecule has 66 valence electrons. The van der Waals surface area contributed by atoms with Gasteiger partial charge in [-0.1, -0.05) is 0 Å². The molecule has 0 bridgehead atoms. The van der Waals surface area contributed by atoms with Crippen molar-refractivity contribution in [2.45, 2.75) is 25.0 Å². The molecule has 0 spiro atoms. The van der Waals surface area contributed by atoms with E-state index < -0.39 is 17.6 Å². The van der Waals surface area contributed by atoms with Gasteiger partial charge in [0.1, 0.15) is 12.1 Å². The molecule has 1 rings (SSSR count). The number of carboxylic acid groups (broad SMARTS) is 1. The molecule has 2 atom stereocenters. The second-order valence-corrected chi connectivity index (χ2v) is 3.09. The minimum absolute atomic E-state index is 0. The van der Waals surface area contributed by atoms with Gasteiger partial charge in [-0.25, -0.2) is 4.79 Å². The predicted molar refractivity (Wildman–Crippen MR) is 33.5 cm³/mol. The van der Waals surface area contributed by atoms with Crippen molar-refractivity contribution in [1.82, 2.24) is 0 Å². The van der Waals surface area contributed by atoms with Gasteiger partial charge in [-0.2, -0.15) is 0 Å². The summed E-state index contributed by atoms with van der Waals surface area (Å²) in [6.45, 7) is 2.15. The number of carboxylic acids is 1. The van der Waals surface area contributed by atoms with E-state index in [9.17, 15) is 9.90 Å². The van der Waals surface area contributed by atoms with Gasteiger partial charge in [0.2, 0.25) is 0 Å². The first-order chi connectivity index (χ1) is 4.51. The van der Waals surface area contributed by atoms with Crippen molar-refractivity contribution in [2.75, 3.05) is 6.54 Å². The van der Waals surface area contributed by atoms with Crippen LogP contribution in [-0.2, 0) is 4.79 Å². The molecule has 1 unspecified atom stereocenters. The highest BCUT2D eigenvalue weighted by molar-refractivity contribution is 5.72. The zero-order valence-corrected chi connectivity index (χ0v) is 7.01. The smallest absolute Gasteiger partial charge is 0.362 e. The summed E-state index contributed by atoms with van der Waals surface area (Å²) in [4.78, 5) is 10.3. The first kappa shape index (κ1) is 10.7. The second-order valence-electron chi connectivity index (χ2n) is 3.09. The van der Waals surface area contributed by atoms with Crippen LogP contribution in [0, 0.1) is 0 Å². The molecule has 0 aliphatic carbocycles. The van der Waals surface area contributed by atoms with Gasteiger partial charge in [0.05, 0.1) is 0 Å². The summed E-state index contributed by atoms with van der Waals surface area (Å²) in [5, 5.41) is 19.5. The molecule has 1 saturated heterocycles. The zero-order chi connectivity index (χ0) is 7.78. The number of hydrogen-bond donors (Lipinski definition) is 3. The molecule has 0 radical (unpaired) electrons. The van der Waals surface area contributed by atoms with E-state index in [0.717, 1.165) is 0 Å². The summed E-state index contributed by atoms with van der Waals surface area (Å²) >= 11 is 0. The lowest BCUT2D eigenvalue weighted by Gasteiger charge is -2.08. The van der Waals surface area contributed by atoms with Gasteiger partial charge >= 0.3 is 5.97 Å². The highest BCUT2D eigenvalue weighted by atomic mass is 35.5. The lowest BCUT2D eigenvalue weighted by Crippen LogP contribution is -3.00. The molecule has 1 aliphatic rings. The van der Waals surface area contributed by atoms with Crippen molar-refractivity contribution in [1.29, 1.82) is 0 Å². The van der Waals surface area contributed by atoms with E-state index in [1.807, 2.05) is 0 Å². The molecule has 4 nitrogen and oxygen atoms in total. The van der Waals surface area contributed by atoms with Gasteiger partial charge in [0, 0.05) is 6.42 Å². The highest BCUT2D eigenvalue weighted by Gasteiger charge is 2.40. The molecule has 0 aromatic heterocycles. The molecule has 1 fully saturated rings. The van der Waals surface area contributed by atoms with E-state index in [-0.39, 0.29) is 12.4 Å². The minimum Gasteiger partial charge on any atom is -1.00 e. The van der Waals surface area contributed by atoms with Gasteiger partial charge in [-0.3, -0.25) is 0 Å². The molecule has 0 aromatic carbocycles. The highest BCUT2D eigenvalue weighted by Crippen LogP contribution is 2.12. The Hall–Kier alpha value is -0.320. The zero-order valence-electron chi connectivity index (χ0n) is 6.25. The van der Waals surface area contributed by atoms with Crippen LogP contribution in [0.4, 0.5) is 0 Å². The molecule has 11 heavy (non-hydrogen) atoms. The second kappa shape index (κ2) is 3.38. The van der Waals surface area contributed by atoms with E-state index in [2.05, 4.69) is 0 Å². The molecular weight excluding hydrogens is 170 g/mol. The third-order valence-corrected chi connectivity index (χ3v) is 1.82. The summed E-state index contributed by atoms with van der Waals surface area (Å²) in [5.41, 5.74) is -0.789. The number of carbonyl (C=O) groups is 1. The van der Waals surface area contributed by atoms with Crippen LogP contribution in [0.2, 0.25) is 0 Å². The van der Waals surface area contributed by atoms with Crippen LogP contribution >= 0.6 is 0 Å². The van der Waals surface area contributed by atoms with E-state index in [4.69, 9.17) is 5.11 Å². The maximum atomic E-state index is 10.3. The summed E-state index contributed by atoms with van der Waals surface area (Å²) in [6.07, 6.45) is 0.350. The third-order valence-electron chi connectivity index (χ3n) is 1.82. The van der Waals surface area contributed by atoms with Gasteiger partial charge in [0.25, 0.3) is 0 Å². The van der Waals surface area contributed by atoms with Crippen LogP contribution in [0.5, 0.6) is 0 Å². The Kier molecular flexibility index (Phi) is 3.29. The number of quaternary nitrogens is 1. The van der Waals surface area contributed by atoms with Crippen LogP contribution in [0.3, 0.4) is 0 Å². The van der Waals surface area contributed by atoms with Crippen LogP contribution in [0.1, 0.15) is 13.3 Å². The number of aliphatic carboxylic acids is 1. The Morgan fingerprint density at radius 3 is 2.45 bits per heavy atom. The fourth-order valence-corrected chi connectivity index (χ4v) is 1.22. The average Bonchev–Trinajstić information content (AvgIpc) is 2.10. The lowest BCUT2D eigenvalue weighted by atomic mass is 10.0. The SMILES string of the molecule is CC1(O)C[NH2+][C@H](C(=O)O)C1.[Cl-]. The molecule has 4 N–H and O–H groups in total. The monoisotopic (exact) mass is 181 g/mol. The normalized spacial score (nSPS) is 36.4. The summed E-state index contributed by atoms with van der Waals surface area (Å²) in [6, 6.07) is -0.449. The topological polar surface area (TPSA) is 74.1 Å². The first-order valence-electron chi connectivity index (χ1n) is 3.30. The molecule has 0 aromatic rings. The van der Waals surface area contributed by atoms with Gasteiger partial charge in [-0.15, -0.1) is 0 Å². The first-order valence-corrected chi connectivity index (χ1v) is 3.30. The van der Waals surface area contributed by atoms with Crippen molar-refractivity contribution in [3.05, 3.63) is 0 Å². The number of rotatable bonds is 1. The lowest BCUT2D eigenvalue weighted by molar-refractivity contribution is -0.663. The van der Waals surface area contributed by atoms with Gasteiger partial charge in [0.15, 0.2) is 6.04 Å². The quantitative estimate of drug-likeness (QED) is 0.380. The summed E-state index contributed by atoms with van der Waals surface area (Å²) < 4.78 is 0. The number of halogens is 1. The standard InChI is InChI=1S/C6H11NO3.ClH/c1-6(10)2-4(5(8)9)7-3-6;/h4,7,10H,2-3H2,1H3,(H,8,9);1H/t4-,6?;/m0./s1. The average molecular weight is 182 g/mol. The Morgan fingerprint density at radius 1 is 1.73 bits per heavy atom. The van der Waals surface area contributed by atoms with Gasteiger partial charge < -0.3 is 27.9 Å². The summed E-state index contributed by atoms with van der Waals surface area (Å²) in [7, 11) is 0. The van der Waals surface area contributed by atoms with Crippen molar-refractivity contribution in [2.24, 2.45) is 0 Å². The largest absolute Gasteiger partial charge is 1.00 e. The minimum atomic E-state index is -0.835. The Labute approximate surface area is 71.0 Å². The van der Waals surface area contributed by atoms with Crippen LogP contribution in [-0.4, -0.2) is 34.4 Å². The van der Waals surface area contributed by atoms with E-state index in [0.29, 0.717) is 13.0 Å². The predicted octanol–water partition coefficient (Wildman–Crippen LogP) is -4.84. The molecule has 1 heterocycles. The third kappa shape index (κ3) is 2.65. The van der Waals surface area contributed by atoms with E-state index in [1.165, 1.54) is 0 Å². The summed E-state index contributed by atoms with van der Waals surface area (Å²) in [5.74, 6) is -0.835. The van der Waals surface area contributed by atoms with E-state index >= 15 is 0 Å². The van der Waals surface area contributed by atoms with Gasteiger partial charge in [-0.05, 0) is 6.92 Å². The van der Waals surface area contributed by atoms with Crippen LogP contribution in [0.25, 0.3) is 0 Å². The van der Waals surface area contributed by atoms with E-state index in [1.54, 1.807) is 12.2 Å². The Balaban J connectivity index is 0.000001000. The fraction of sp³-hybridized carbons (Fsp3) is 0.833. The molecular formula is C6H12ClNO3. The Bertz CT molecular complexity index is 160. The van der Waals surface area contributed by atoms with Crippen LogP contribution in [0.15, 0.2) is 0 Å². The molecule has 1 aliphatic heterocycles.